The molecule has 0 bridgehead atoms. The first kappa shape index (κ1) is 19.2. The second kappa shape index (κ2) is 8.48. The molecule has 0 saturated carbocycles. The van der Waals surface area contributed by atoms with Gasteiger partial charge in [0.05, 0.1) is 31.7 Å². The lowest BCUT2D eigenvalue weighted by Crippen LogP contribution is -2.17. The number of hydrazone groups is 1. The molecule has 0 unspecified atom stereocenters. The maximum atomic E-state index is 12.5. The van der Waals surface area contributed by atoms with E-state index >= 15 is 0 Å². The Balaban J connectivity index is 1.55. The molecule has 0 fully saturated rings. The van der Waals surface area contributed by atoms with Gasteiger partial charge in [-0.15, -0.1) is 0 Å². The number of aromatic amines is 1. The van der Waals surface area contributed by atoms with E-state index in [0.29, 0.717) is 17.1 Å². The van der Waals surface area contributed by atoms with Crippen molar-refractivity contribution in [1.29, 1.82) is 0 Å². The minimum absolute atomic E-state index is 0.298. The van der Waals surface area contributed by atoms with Crippen molar-refractivity contribution < 1.29 is 14.3 Å². The first-order valence-electron chi connectivity index (χ1n) is 9.28. The maximum absolute atomic E-state index is 12.5. The number of nitrogens with zero attached hydrogens (tertiary/aromatic N) is 2. The van der Waals surface area contributed by atoms with Crippen molar-refractivity contribution in [3.63, 3.8) is 0 Å². The molecule has 1 amide bonds. The molecule has 7 nitrogen and oxygen atoms in total. The van der Waals surface area contributed by atoms with Crippen LogP contribution in [0.15, 0.2) is 71.8 Å². The van der Waals surface area contributed by atoms with Gasteiger partial charge in [0.1, 0.15) is 17.2 Å². The maximum Gasteiger partial charge on any atom is 0.289 e. The van der Waals surface area contributed by atoms with E-state index < -0.39 is 5.91 Å². The van der Waals surface area contributed by atoms with Crippen LogP contribution in [0.3, 0.4) is 0 Å². The number of H-pyrrole nitrogens is 1. The van der Waals surface area contributed by atoms with E-state index in [0.717, 1.165) is 27.6 Å². The number of aromatic nitrogens is 2. The van der Waals surface area contributed by atoms with Crippen LogP contribution >= 0.6 is 0 Å². The average molecular weight is 400 g/mol. The molecule has 0 spiro atoms. The number of carbonyl (C=O) groups excluding carboxylic acids is 1. The van der Waals surface area contributed by atoms with Gasteiger partial charge in [-0.1, -0.05) is 30.3 Å². The smallest absolute Gasteiger partial charge is 0.289 e. The summed E-state index contributed by atoms with van der Waals surface area (Å²) in [5.74, 6) is 1.05. The second-order valence-corrected chi connectivity index (χ2v) is 6.50. The lowest BCUT2D eigenvalue weighted by atomic mass is 10.0. The number of amides is 1. The van der Waals surface area contributed by atoms with Crippen molar-refractivity contribution in [2.45, 2.75) is 0 Å². The second-order valence-electron chi connectivity index (χ2n) is 6.50. The topological polar surface area (TPSA) is 88.6 Å². The molecule has 0 aliphatic heterocycles. The van der Waals surface area contributed by atoms with E-state index in [1.54, 1.807) is 26.5 Å². The van der Waals surface area contributed by atoms with Gasteiger partial charge >= 0.3 is 0 Å². The summed E-state index contributed by atoms with van der Waals surface area (Å²) in [7, 11) is 3.22. The number of methoxy groups -OCH3 is 2. The third kappa shape index (κ3) is 3.86. The summed E-state index contributed by atoms with van der Waals surface area (Å²) < 4.78 is 10.6. The Bertz CT molecular complexity index is 1210. The van der Waals surface area contributed by atoms with Crippen molar-refractivity contribution in [1.82, 2.24) is 15.6 Å². The highest BCUT2D eigenvalue weighted by atomic mass is 16.5. The molecule has 7 heteroatoms. The van der Waals surface area contributed by atoms with Gasteiger partial charge in [0.25, 0.3) is 5.91 Å². The van der Waals surface area contributed by atoms with Gasteiger partial charge < -0.3 is 9.47 Å². The molecule has 4 rings (SSSR count). The molecule has 150 valence electrons. The predicted octanol–water partition coefficient (Wildman–Crippen LogP) is 4.01. The molecule has 1 aromatic heterocycles. The predicted molar refractivity (Wildman–Crippen MR) is 116 cm³/mol. The molecule has 0 atom stereocenters. The molecular weight excluding hydrogens is 380 g/mol. The van der Waals surface area contributed by atoms with E-state index in [1.165, 1.54) is 0 Å². The van der Waals surface area contributed by atoms with Crippen LogP contribution in [0.4, 0.5) is 0 Å². The molecule has 30 heavy (non-hydrogen) atoms. The van der Waals surface area contributed by atoms with Crippen LogP contribution in [0.1, 0.15) is 16.1 Å². The molecule has 0 radical (unpaired) electrons. The van der Waals surface area contributed by atoms with Crippen molar-refractivity contribution >= 4 is 22.9 Å². The van der Waals surface area contributed by atoms with Crippen molar-refractivity contribution in [3.8, 4) is 22.8 Å². The first-order valence-corrected chi connectivity index (χ1v) is 9.28. The molecule has 0 aliphatic carbocycles. The van der Waals surface area contributed by atoms with Crippen LogP contribution in [0.2, 0.25) is 0 Å². The fourth-order valence-corrected chi connectivity index (χ4v) is 3.17. The van der Waals surface area contributed by atoms with Crippen LogP contribution < -0.4 is 14.9 Å². The molecule has 3 aromatic carbocycles. The van der Waals surface area contributed by atoms with Crippen LogP contribution in [-0.4, -0.2) is 36.5 Å². The highest BCUT2D eigenvalue weighted by molar-refractivity contribution is 6.00. The van der Waals surface area contributed by atoms with E-state index in [-0.39, 0.29) is 0 Å². The Morgan fingerprint density at radius 3 is 2.60 bits per heavy atom. The zero-order valence-corrected chi connectivity index (χ0v) is 16.5. The van der Waals surface area contributed by atoms with Crippen molar-refractivity contribution in [2.75, 3.05) is 14.2 Å². The molecule has 0 aliphatic rings. The number of ether oxygens (including phenoxy) is 2. The third-order valence-electron chi connectivity index (χ3n) is 4.68. The Morgan fingerprint density at radius 2 is 1.83 bits per heavy atom. The van der Waals surface area contributed by atoms with Gasteiger partial charge in [0, 0.05) is 0 Å². The lowest BCUT2D eigenvalue weighted by molar-refractivity contribution is 0.0950. The van der Waals surface area contributed by atoms with Crippen molar-refractivity contribution in [2.24, 2.45) is 5.10 Å². The quantitative estimate of drug-likeness (QED) is 0.378. The lowest BCUT2D eigenvalue weighted by Gasteiger charge is -2.09. The Kier molecular flexibility index (Phi) is 5.43. The highest BCUT2D eigenvalue weighted by Gasteiger charge is 2.16. The van der Waals surface area contributed by atoms with Crippen LogP contribution in [0.5, 0.6) is 11.5 Å². The number of hydrogen-bond donors (Lipinski definition) is 2. The van der Waals surface area contributed by atoms with Gasteiger partial charge in [-0.2, -0.15) is 10.2 Å². The monoisotopic (exact) mass is 400 g/mol. The molecule has 1 heterocycles. The summed E-state index contributed by atoms with van der Waals surface area (Å²) in [4.78, 5) is 12.5. The fourth-order valence-electron chi connectivity index (χ4n) is 3.17. The SMILES string of the molecule is COc1ccc(/C=N\NC(=O)c2cc(-c3c(OC)ccc4ccccc34)n[nH]2)cc1. The first-order chi connectivity index (χ1) is 14.7. The number of rotatable bonds is 6. The highest BCUT2D eigenvalue weighted by Crippen LogP contribution is 2.36. The molecule has 4 aromatic rings. The number of fused-ring (bicyclic) bond motifs is 1. The number of benzene rings is 3. The zero-order chi connectivity index (χ0) is 20.9. The minimum Gasteiger partial charge on any atom is -0.497 e. The van der Waals surface area contributed by atoms with Crippen LogP contribution in [0.25, 0.3) is 22.0 Å². The van der Waals surface area contributed by atoms with Gasteiger partial charge in [-0.3, -0.25) is 9.89 Å². The van der Waals surface area contributed by atoms with Gasteiger partial charge in [0.2, 0.25) is 0 Å². The molecular formula is C23H20N4O3. The fraction of sp³-hybridized carbons (Fsp3) is 0.0870. The average Bonchev–Trinajstić information content (AvgIpc) is 3.28. The Morgan fingerprint density at radius 1 is 1.03 bits per heavy atom. The molecule has 0 saturated heterocycles. The van der Waals surface area contributed by atoms with Crippen LogP contribution in [-0.2, 0) is 0 Å². The summed E-state index contributed by atoms with van der Waals surface area (Å²) in [6.45, 7) is 0. The standard InChI is InChI=1S/C23H20N4O3/c1-29-17-10-7-15(8-11-17)14-24-27-23(28)20-13-19(25-26-20)22-18-6-4-3-5-16(18)9-12-21(22)30-2/h3-14H,1-2H3,(H,25,26)(H,27,28)/b24-14-. The normalized spacial score (nSPS) is 11.0. The third-order valence-corrected chi connectivity index (χ3v) is 4.68. The molecule has 2 N–H and O–H groups in total. The van der Waals surface area contributed by atoms with Crippen molar-refractivity contribution in [3.05, 3.63) is 78.0 Å². The van der Waals surface area contributed by atoms with E-state index in [1.807, 2.05) is 60.7 Å². The van der Waals surface area contributed by atoms with E-state index in [4.69, 9.17) is 9.47 Å². The summed E-state index contributed by atoms with van der Waals surface area (Å²) in [6, 6.07) is 20.9. The number of hydrogen-bond acceptors (Lipinski definition) is 5. The van der Waals surface area contributed by atoms with E-state index in [2.05, 4.69) is 20.7 Å². The van der Waals surface area contributed by atoms with Crippen LogP contribution in [0, 0.1) is 0 Å². The van der Waals surface area contributed by atoms with Gasteiger partial charge in [0.15, 0.2) is 0 Å². The van der Waals surface area contributed by atoms with E-state index in [9.17, 15) is 4.79 Å². The summed E-state index contributed by atoms with van der Waals surface area (Å²) in [5.41, 5.74) is 5.08. The zero-order valence-electron chi connectivity index (χ0n) is 16.5. The minimum atomic E-state index is -0.391. The van der Waals surface area contributed by atoms with Gasteiger partial charge in [-0.05, 0) is 52.7 Å². The largest absolute Gasteiger partial charge is 0.497 e. The summed E-state index contributed by atoms with van der Waals surface area (Å²) in [5, 5.41) is 13.2. The number of nitrogens with one attached hydrogen (secondary N) is 2. The van der Waals surface area contributed by atoms with Gasteiger partial charge in [-0.25, -0.2) is 5.43 Å². The Hall–Kier alpha value is -4.13. The summed E-state index contributed by atoms with van der Waals surface area (Å²) in [6.07, 6.45) is 1.56. The summed E-state index contributed by atoms with van der Waals surface area (Å²) >= 11 is 0. The number of carbonyl (C=O) groups is 1. The Labute approximate surface area is 173 Å².